The SMILES string of the molecule is CC(=O)NC(C)c1ccc(-c2csc(NC(=O)c3c(C)noc3C)n2)cc1. The van der Waals surface area contributed by atoms with Crippen LogP contribution < -0.4 is 10.6 Å². The van der Waals surface area contributed by atoms with E-state index in [-0.39, 0.29) is 17.9 Å². The molecule has 140 valence electrons. The Kier molecular flexibility index (Phi) is 5.36. The van der Waals surface area contributed by atoms with Crippen molar-refractivity contribution in [2.75, 3.05) is 5.32 Å². The van der Waals surface area contributed by atoms with E-state index in [0.29, 0.717) is 22.1 Å². The van der Waals surface area contributed by atoms with Gasteiger partial charge in [0.05, 0.1) is 17.4 Å². The third-order valence-electron chi connectivity index (χ3n) is 4.11. The summed E-state index contributed by atoms with van der Waals surface area (Å²) in [6, 6.07) is 7.75. The van der Waals surface area contributed by atoms with Crippen LogP contribution in [0.15, 0.2) is 34.2 Å². The Bertz CT molecular complexity index is 956. The normalized spacial score (nSPS) is 11.9. The van der Waals surface area contributed by atoms with Gasteiger partial charge in [-0.15, -0.1) is 11.3 Å². The number of hydrogen-bond acceptors (Lipinski definition) is 6. The van der Waals surface area contributed by atoms with Crippen molar-refractivity contribution in [2.45, 2.75) is 33.7 Å². The van der Waals surface area contributed by atoms with E-state index in [9.17, 15) is 9.59 Å². The number of carbonyl (C=O) groups is 2. The van der Waals surface area contributed by atoms with E-state index in [2.05, 4.69) is 20.8 Å². The van der Waals surface area contributed by atoms with Gasteiger partial charge in [-0.2, -0.15) is 0 Å². The number of nitrogens with zero attached hydrogens (tertiary/aromatic N) is 2. The molecule has 1 atom stereocenters. The summed E-state index contributed by atoms with van der Waals surface area (Å²) in [6.45, 7) is 6.86. The van der Waals surface area contributed by atoms with Gasteiger partial charge in [-0.3, -0.25) is 14.9 Å². The van der Waals surface area contributed by atoms with Gasteiger partial charge in [0.1, 0.15) is 11.3 Å². The third-order valence-corrected chi connectivity index (χ3v) is 4.87. The van der Waals surface area contributed by atoms with E-state index in [1.54, 1.807) is 13.8 Å². The molecule has 0 fully saturated rings. The zero-order valence-electron chi connectivity index (χ0n) is 15.5. The van der Waals surface area contributed by atoms with Gasteiger partial charge in [0.25, 0.3) is 5.91 Å². The fourth-order valence-electron chi connectivity index (χ4n) is 2.76. The summed E-state index contributed by atoms with van der Waals surface area (Å²) in [7, 11) is 0. The predicted octanol–water partition coefficient (Wildman–Crippen LogP) is 3.86. The maximum absolute atomic E-state index is 12.4. The fourth-order valence-corrected chi connectivity index (χ4v) is 3.48. The Labute approximate surface area is 160 Å². The van der Waals surface area contributed by atoms with Gasteiger partial charge in [-0.25, -0.2) is 4.98 Å². The number of rotatable bonds is 5. The third kappa shape index (κ3) is 4.22. The Hall–Kier alpha value is -3.00. The lowest BCUT2D eigenvalue weighted by Gasteiger charge is -2.13. The van der Waals surface area contributed by atoms with E-state index in [1.807, 2.05) is 36.6 Å². The first-order chi connectivity index (χ1) is 12.8. The van der Waals surface area contributed by atoms with E-state index < -0.39 is 0 Å². The molecule has 3 aromatic rings. The first kappa shape index (κ1) is 18.8. The standard InChI is InChI=1S/C19H20N4O3S/c1-10(20-13(4)24)14-5-7-15(8-6-14)16-9-27-19(21-16)22-18(25)17-11(2)23-26-12(17)3/h5-10H,1-4H3,(H,20,24)(H,21,22,25). The summed E-state index contributed by atoms with van der Waals surface area (Å²) in [6.07, 6.45) is 0. The number of amides is 2. The minimum Gasteiger partial charge on any atom is -0.361 e. The summed E-state index contributed by atoms with van der Waals surface area (Å²) in [5.74, 6) is 0.127. The molecule has 0 spiro atoms. The first-order valence-electron chi connectivity index (χ1n) is 8.42. The molecule has 2 heterocycles. The highest BCUT2D eigenvalue weighted by molar-refractivity contribution is 7.14. The monoisotopic (exact) mass is 384 g/mol. The van der Waals surface area contributed by atoms with Gasteiger partial charge in [0, 0.05) is 17.9 Å². The molecule has 0 bridgehead atoms. The zero-order chi connectivity index (χ0) is 19.6. The molecule has 8 heteroatoms. The van der Waals surface area contributed by atoms with Crippen molar-refractivity contribution in [3.8, 4) is 11.3 Å². The molecule has 2 N–H and O–H groups in total. The van der Waals surface area contributed by atoms with Crippen molar-refractivity contribution in [3.63, 3.8) is 0 Å². The van der Waals surface area contributed by atoms with E-state index in [4.69, 9.17) is 4.52 Å². The second kappa shape index (κ2) is 7.71. The lowest BCUT2D eigenvalue weighted by Crippen LogP contribution is -2.23. The predicted molar refractivity (Wildman–Crippen MR) is 104 cm³/mol. The van der Waals surface area contributed by atoms with Crippen molar-refractivity contribution in [1.29, 1.82) is 0 Å². The highest BCUT2D eigenvalue weighted by Gasteiger charge is 2.19. The van der Waals surface area contributed by atoms with Crippen molar-refractivity contribution in [2.24, 2.45) is 0 Å². The molecule has 3 rings (SSSR count). The molecule has 2 amide bonds. The average molecular weight is 384 g/mol. The second-order valence-electron chi connectivity index (χ2n) is 6.24. The molecule has 0 aliphatic carbocycles. The molecule has 0 saturated heterocycles. The summed E-state index contributed by atoms with van der Waals surface area (Å²) in [5, 5.41) is 11.8. The molecule has 2 aromatic heterocycles. The number of thiazole rings is 1. The van der Waals surface area contributed by atoms with Crippen molar-refractivity contribution < 1.29 is 14.1 Å². The van der Waals surface area contributed by atoms with Crippen LogP contribution >= 0.6 is 11.3 Å². The van der Waals surface area contributed by atoms with Crippen LogP contribution in [0.1, 0.15) is 47.3 Å². The smallest absolute Gasteiger partial charge is 0.262 e. The van der Waals surface area contributed by atoms with Crippen LogP contribution in [0.5, 0.6) is 0 Å². The summed E-state index contributed by atoms with van der Waals surface area (Å²) < 4.78 is 5.03. The van der Waals surface area contributed by atoms with Crippen LogP contribution in [0.3, 0.4) is 0 Å². The summed E-state index contributed by atoms with van der Waals surface area (Å²) in [4.78, 5) is 28.0. The number of benzene rings is 1. The molecule has 1 unspecified atom stereocenters. The Morgan fingerprint density at radius 3 is 2.48 bits per heavy atom. The van der Waals surface area contributed by atoms with Gasteiger partial charge in [0.15, 0.2) is 5.13 Å². The Morgan fingerprint density at radius 2 is 1.89 bits per heavy atom. The fraction of sp³-hybridized carbons (Fsp3) is 0.263. The molecule has 0 aliphatic heterocycles. The quantitative estimate of drug-likeness (QED) is 0.696. The number of aromatic nitrogens is 2. The van der Waals surface area contributed by atoms with E-state index in [0.717, 1.165) is 16.8 Å². The highest BCUT2D eigenvalue weighted by atomic mass is 32.1. The molecule has 7 nitrogen and oxygen atoms in total. The van der Waals surface area contributed by atoms with Gasteiger partial charge in [-0.1, -0.05) is 29.4 Å². The van der Waals surface area contributed by atoms with Crippen molar-refractivity contribution >= 4 is 28.3 Å². The Balaban J connectivity index is 1.72. The second-order valence-corrected chi connectivity index (χ2v) is 7.09. The Morgan fingerprint density at radius 1 is 1.19 bits per heavy atom. The number of hydrogen-bond donors (Lipinski definition) is 2. The molecular weight excluding hydrogens is 364 g/mol. The lowest BCUT2D eigenvalue weighted by molar-refractivity contribution is -0.119. The van der Waals surface area contributed by atoms with Gasteiger partial charge >= 0.3 is 0 Å². The summed E-state index contributed by atoms with van der Waals surface area (Å²) in [5.41, 5.74) is 3.69. The van der Waals surface area contributed by atoms with Crippen molar-refractivity contribution in [3.05, 3.63) is 52.2 Å². The first-order valence-corrected chi connectivity index (χ1v) is 9.30. The van der Waals surface area contributed by atoms with Gasteiger partial charge < -0.3 is 9.84 Å². The molecule has 1 aromatic carbocycles. The van der Waals surface area contributed by atoms with Crippen LogP contribution in [-0.2, 0) is 4.79 Å². The lowest BCUT2D eigenvalue weighted by atomic mass is 10.1. The van der Waals surface area contributed by atoms with Crippen LogP contribution in [0.25, 0.3) is 11.3 Å². The van der Waals surface area contributed by atoms with Gasteiger partial charge in [-0.05, 0) is 26.3 Å². The summed E-state index contributed by atoms with van der Waals surface area (Å²) >= 11 is 1.35. The number of carbonyl (C=O) groups excluding carboxylic acids is 2. The number of aryl methyl sites for hydroxylation is 2. The molecular formula is C19H20N4O3S. The largest absolute Gasteiger partial charge is 0.361 e. The zero-order valence-corrected chi connectivity index (χ0v) is 16.3. The van der Waals surface area contributed by atoms with Crippen molar-refractivity contribution in [1.82, 2.24) is 15.5 Å². The van der Waals surface area contributed by atoms with Crippen LogP contribution in [-0.4, -0.2) is 22.0 Å². The molecule has 0 radical (unpaired) electrons. The topological polar surface area (TPSA) is 97.1 Å². The van der Waals surface area contributed by atoms with Crippen LogP contribution in [0.2, 0.25) is 0 Å². The van der Waals surface area contributed by atoms with Gasteiger partial charge in [0.2, 0.25) is 5.91 Å². The number of anilines is 1. The van der Waals surface area contributed by atoms with Crippen LogP contribution in [0.4, 0.5) is 5.13 Å². The minimum atomic E-state index is -0.286. The van der Waals surface area contributed by atoms with E-state index >= 15 is 0 Å². The maximum Gasteiger partial charge on any atom is 0.262 e. The number of nitrogens with one attached hydrogen (secondary N) is 2. The van der Waals surface area contributed by atoms with Crippen LogP contribution in [0, 0.1) is 13.8 Å². The highest BCUT2D eigenvalue weighted by Crippen LogP contribution is 2.27. The minimum absolute atomic E-state index is 0.0584. The van der Waals surface area contributed by atoms with E-state index in [1.165, 1.54) is 18.3 Å². The average Bonchev–Trinajstić information content (AvgIpc) is 3.21. The molecule has 0 aliphatic rings. The molecule has 27 heavy (non-hydrogen) atoms. The maximum atomic E-state index is 12.4. The molecule has 0 saturated carbocycles.